The van der Waals surface area contributed by atoms with Gasteiger partial charge in [-0.05, 0) is 49.7 Å². The molecular formula is C27H32ClF3N4O. The van der Waals surface area contributed by atoms with E-state index in [1.165, 1.54) is 12.1 Å². The molecule has 1 aliphatic heterocycles. The Balaban J connectivity index is 0.00000361. The van der Waals surface area contributed by atoms with E-state index >= 15 is 0 Å². The van der Waals surface area contributed by atoms with E-state index in [0.29, 0.717) is 30.9 Å². The third kappa shape index (κ3) is 6.42. The zero-order valence-electron chi connectivity index (χ0n) is 20.5. The Bertz CT molecular complexity index is 1160. The fraction of sp³-hybridized carbons (Fsp3) is 0.370. The monoisotopic (exact) mass is 520 g/mol. The maximum Gasteiger partial charge on any atom is 0.416 e. The van der Waals surface area contributed by atoms with Gasteiger partial charge in [0, 0.05) is 56.8 Å². The van der Waals surface area contributed by atoms with E-state index in [1.807, 2.05) is 59.8 Å². The van der Waals surface area contributed by atoms with Crippen molar-refractivity contribution in [1.82, 2.24) is 14.8 Å². The molecule has 194 valence electrons. The van der Waals surface area contributed by atoms with E-state index in [-0.39, 0.29) is 18.3 Å². The molecule has 0 radical (unpaired) electrons. The Hall–Kier alpha value is -2.97. The van der Waals surface area contributed by atoms with Crippen LogP contribution in [0.2, 0.25) is 0 Å². The Labute approximate surface area is 216 Å². The van der Waals surface area contributed by atoms with Crippen LogP contribution < -0.4 is 10.2 Å². The second kappa shape index (κ2) is 11.8. The van der Waals surface area contributed by atoms with Crippen LogP contribution in [0.1, 0.15) is 28.0 Å². The number of aromatic nitrogens is 1. The first kappa shape index (κ1) is 27.6. The summed E-state index contributed by atoms with van der Waals surface area (Å²) in [6, 6.07) is 17.5. The van der Waals surface area contributed by atoms with Crippen molar-refractivity contribution in [1.29, 1.82) is 0 Å². The minimum absolute atomic E-state index is 0. The summed E-state index contributed by atoms with van der Waals surface area (Å²) >= 11 is 0. The summed E-state index contributed by atoms with van der Waals surface area (Å²) in [6.45, 7) is 6.27. The predicted octanol–water partition coefficient (Wildman–Crippen LogP) is 5.38. The molecule has 0 atom stereocenters. The molecule has 1 N–H and O–H groups in total. The number of rotatable bonds is 7. The molecule has 0 aliphatic carbocycles. The molecule has 1 saturated heterocycles. The summed E-state index contributed by atoms with van der Waals surface area (Å²) in [5.41, 5.74) is 3.68. The van der Waals surface area contributed by atoms with Crippen LogP contribution in [0.25, 0.3) is 11.3 Å². The van der Waals surface area contributed by atoms with Crippen molar-refractivity contribution in [3.63, 3.8) is 0 Å². The molecule has 1 aliphatic rings. The van der Waals surface area contributed by atoms with Crippen LogP contribution in [0.3, 0.4) is 0 Å². The highest BCUT2D eigenvalue weighted by Crippen LogP contribution is 2.32. The van der Waals surface area contributed by atoms with E-state index in [2.05, 4.69) is 10.2 Å². The molecule has 2 heterocycles. The average molecular weight is 521 g/mol. The third-order valence-electron chi connectivity index (χ3n) is 6.70. The molecular weight excluding hydrogens is 489 g/mol. The lowest BCUT2D eigenvalue weighted by molar-refractivity contribution is -0.137. The van der Waals surface area contributed by atoms with Gasteiger partial charge in [-0.25, -0.2) is 0 Å². The number of anilines is 1. The van der Waals surface area contributed by atoms with Crippen LogP contribution >= 0.6 is 12.4 Å². The van der Waals surface area contributed by atoms with Crippen LogP contribution in [0.4, 0.5) is 18.9 Å². The van der Waals surface area contributed by atoms with Gasteiger partial charge in [0.1, 0.15) is 0 Å². The zero-order valence-corrected chi connectivity index (χ0v) is 21.3. The van der Waals surface area contributed by atoms with E-state index in [1.54, 1.807) is 6.07 Å². The average Bonchev–Trinajstić information content (AvgIpc) is 3.16. The third-order valence-corrected chi connectivity index (χ3v) is 6.70. The number of nitrogens with one attached hydrogen (secondary N) is 1. The summed E-state index contributed by atoms with van der Waals surface area (Å²) in [4.78, 5) is 17.1. The van der Waals surface area contributed by atoms with Crippen LogP contribution in [0.15, 0.2) is 60.7 Å². The highest BCUT2D eigenvalue weighted by molar-refractivity contribution is 5.97. The second-order valence-corrected chi connectivity index (χ2v) is 8.94. The molecule has 9 heteroatoms. The highest BCUT2D eigenvalue weighted by Gasteiger charge is 2.31. The van der Waals surface area contributed by atoms with Gasteiger partial charge >= 0.3 is 6.18 Å². The number of amides is 1. The van der Waals surface area contributed by atoms with Crippen LogP contribution in [0.5, 0.6) is 0 Å². The zero-order chi connectivity index (χ0) is 25.0. The molecule has 4 rings (SSSR count). The number of benzene rings is 2. The number of hydrogen-bond acceptors (Lipinski definition) is 3. The molecule has 36 heavy (non-hydrogen) atoms. The van der Waals surface area contributed by atoms with Crippen molar-refractivity contribution >= 4 is 24.0 Å². The Kier molecular flexibility index (Phi) is 9.08. The first-order valence-electron chi connectivity index (χ1n) is 11.9. The van der Waals surface area contributed by atoms with Gasteiger partial charge in [0.05, 0.1) is 11.1 Å². The number of halogens is 4. The lowest BCUT2D eigenvalue weighted by Gasteiger charge is -2.36. The Morgan fingerprint density at radius 2 is 1.67 bits per heavy atom. The molecule has 0 spiro atoms. The molecule has 1 amide bonds. The summed E-state index contributed by atoms with van der Waals surface area (Å²) in [5, 5.41) is 3.03. The fourth-order valence-corrected chi connectivity index (χ4v) is 4.52. The summed E-state index contributed by atoms with van der Waals surface area (Å²) < 4.78 is 41.0. The van der Waals surface area contributed by atoms with E-state index in [0.717, 1.165) is 49.1 Å². The minimum atomic E-state index is -4.33. The Morgan fingerprint density at radius 3 is 2.33 bits per heavy atom. The normalized spacial score (nSPS) is 14.4. The number of piperazine rings is 1. The van der Waals surface area contributed by atoms with Crippen molar-refractivity contribution in [3.8, 4) is 11.3 Å². The number of carbonyl (C=O) groups excluding carboxylic acids is 1. The molecule has 1 aromatic heterocycles. The first-order valence-corrected chi connectivity index (χ1v) is 11.9. The van der Waals surface area contributed by atoms with Crippen molar-refractivity contribution in [3.05, 3.63) is 77.5 Å². The minimum Gasteiger partial charge on any atom is -0.369 e. The topological polar surface area (TPSA) is 40.5 Å². The molecule has 0 unspecified atom stereocenters. The number of hydrogen-bond donors (Lipinski definition) is 1. The summed E-state index contributed by atoms with van der Waals surface area (Å²) in [6.07, 6.45) is -3.52. The fourth-order valence-electron chi connectivity index (χ4n) is 4.52. The van der Waals surface area contributed by atoms with Crippen molar-refractivity contribution in [2.24, 2.45) is 7.05 Å². The lowest BCUT2D eigenvalue weighted by atomic mass is 10.1. The van der Waals surface area contributed by atoms with Crippen molar-refractivity contribution in [2.75, 3.05) is 44.2 Å². The van der Waals surface area contributed by atoms with Crippen LogP contribution in [0, 0.1) is 6.92 Å². The van der Waals surface area contributed by atoms with E-state index in [4.69, 9.17) is 0 Å². The van der Waals surface area contributed by atoms with Gasteiger partial charge in [0.15, 0.2) is 0 Å². The van der Waals surface area contributed by atoms with Gasteiger partial charge in [0.2, 0.25) is 0 Å². The van der Waals surface area contributed by atoms with Crippen molar-refractivity contribution in [2.45, 2.75) is 19.5 Å². The predicted molar refractivity (Wildman–Crippen MR) is 140 cm³/mol. The first-order chi connectivity index (χ1) is 16.7. The molecule has 2 aromatic carbocycles. The summed E-state index contributed by atoms with van der Waals surface area (Å²) in [7, 11) is 1.97. The smallest absolute Gasteiger partial charge is 0.369 e. The quantitative estimate of drug-likeness (QED) is 0.425. The van der Waals surface area contributed by atoms with Crippen molar-refractivity contribution < 1.29 is 18.0 Å². The number of nitrogens with zero attached hydrogens (tertiary/aromatic N) is 3. The second-order valence-electron chi connectivity index (χ2n) is 8.94. The van der Waals surface area contributed by atoms with E-state index in [9.17, 15) is 18.0 Å². The molecule has 0 bridgehead atoms. The molecule has 0 saturated carbocycles. The van der Waals surface area contributed by atoms with Gasteiger partial charge in [0.25, 0.3) is 5.91 Å². The molecule has 1 fully saturated rings. The summed E-state index contributed by atoms with van der Waals surface area (Å²) in [5.74, 6) is -0.0744. The van der Waals surface area contributed by atoms with Gasteiger partial charge in [-0.3, -0.25) is 9.69 Å². The van der Waals surface area contributed by atoms with Gasteiger partial charge < -0.3 is 14.8 Å². The number of carbonyl (C=O) groups is 1. The van der Waals surface area contributed by atoms with Gasteiger partial charge in [-0.1, -0.05) is 36.4 Å². The lowest BCUT2D eigenvalue weighted by Crippen LogP contribution is -2.47. The van der Waals surface area contributed by atoms with E-state index < -0.39 is 11.7 Å². The largest absolute Gasteiger partial charge is 0.416 e. The standard InChI is InChI=1S/C27H31F3N4O.ClH/c1-20-24(19-25(32(20)2)21-8-4-3-5-9-21)26(35)31-12-7-13-33-14-16-34(17-15-33)23-11-6-10-22(18-23)27(28,29)30;/h3-6,8-11,18-19H,7,12-17H2,1-2H3,(H,31,35);1H. The number of alkyl halides is 3. The maximum absolute atomic E-state index is 13.0. The Morgan fingerprint density at radius 1 is 0.972 bits per heavy atom. The highest BCUT2D eigenvalue weighted by atomic mass is 35.5. The SMILES string of the molecule is Cc1c(C(=O)NCCCN2CCN(c3cccc(C(F)(F)F)c3)CC2)cc(-c2ccccc2)n1C.Cl. The maximum atomic E-state index is 13.0. The van der Waals surface area contributed by atoms with Crippen LogP contribution in [-0.2, 0) is 13.2 Å². The molecule has 3 aromatic rings. The van der Waals surface area contributed by atoms with Gasteiger partial charge in [-0.15, -0.1) is 12.4 Å². The van der Waals surface area contributed by atoms with Gasteiger partial charge in [-0.2, -0.15) is 13.2 Å². The van der Waals surface area contributed by atoms with Crippen LogP contribution in [-0.4, -0.2) is 54.6 Å². The molecule has 5 nitrogen and oxygen atoms in total.